The summed E-state index contributed by atoms with van der Waals surface area (Å²) in [4.78, 5) is 7.08. The molecule has 0 saturated carbocycles. The Morgan fingerprint density at radius 3 is 2.82 bits per heavy atom. The second-order valence-corrected chi connectivity index (χ2v) is 5.63. The highest BCUT2D eigenvalue weighted by Gasteiger charge is 2.24. The molecule has 1 aromatic heterocycles. The standard InChI is InChI=1S/C15H24N2/c1-12(2)11-17-9-5-4-6-15(17)14-8-7-13(3)16-10-14/h7-8,10,12,15H,4-6,9,11H2,1-3H3/t15-/m0/s1. The maximum absolute atomic E-state index is 4.44. The number of pyridine rings is 1. The highest BCUT2D eigenvalue weighted by atomic mass is 15.2. The Labute approximate surface area is 105 Å². The Bertz CT molecular complexity index is 342. The lowest BCUT2D eigenvalue weighted by Crippen LogP contribution is -2.36. The zero-order valence-electron chi connectivity index (χ0n) is 11.3. The van der Waals surface area contributed by atoms with Crippen molar-refractivity contribution in [3.05, 3.63) is 29.6 Å². The van der Waals surface area contributed by atoms with Crippen molar-refractivity contribution in [2.75, 3.05) is 13.1 Å². The van der Waals surface area contributed by atoms with E-state index < -0.39 is 0 Å². The lowest BCUT2D eigenvalue weighted by molar-refractivity contribution is 0.132. The fourth-order valence-electron chi connectivity index (χ4n) is 2.73. The monoisotopic (exact) mass is 232 g/mol. The molecule has 0 unspecified atom stereocenters. The van der Waals surface area contributed by atoms with Crippen LogP contribution in [0, 0.1) is 12.8 Å². The van der Waals surface area contributed by atoms with E-state index in [-0.39, 0.29) is 0 Å². The average molecular weight is 232 g/mol. The summed E-state index contributed by atoms with van der Waals surface area (Å²) in [5.41, 5.74) is 2.51. The molecule has 1 aromatic rings. The van der Waals surface area contributed by atoms with E-state index in [0.717, 1.165) is 11.6 Å². The van der Waals surface area contributed by atoms with Crippen LogP contribution < -0.4 is 0 Å². The second kappa shape index (κ2) is 5.63. The van der Waals surface area contributed by atoms with E-state index in [1.807, 2.05) is 0 Å². The maximum atomic E-state index is 4.44. The molecule has 0 aliphatic carbocycles. The van der Waals surface area contributed by atoms with Gasteiger partial charge in [0.1, 0.15) is 0 Å². The minimum atomic E-state index is 0.597. The molecule has 0 radical (unpaired) electrons. The average Bonchev–Trinajstić information content (AvgIpc) is 2.30. The zero-order valence-corrected chi connectivity index (χ0v) is 11.3. The molecule has 0 bridgehead atoms. The van der Waals surface area contributed by atoms with E-state index in [9.17, 15) is 0 Å². The summed E-state index contributed by atoms with van der Waals surface area (Å²) in [5.74, 6) is 0.744. The predicted molar refractivity (Wildman–Crippen MR) is 72.0 cm³/mol. The Kier molecular flexibility index (Phi) is 4.16. The van der Waals surface area contributed by atoms with Crippen LogP contribution in [0.5, 0.6) is 0 Å². The van der Waals surface area contributed by atoms with Crippen LogP contribution >= 0.6 is 0 Å². The predicted octanol–water partition coefficient (Wildman–Crippen LogP) is 3.57. The van der Waals surface area contributed by atoms with Gasteiger partial charge in [-0.2, -0.15) is 0 Å². The molecular weight excluding hydrogens is 208 g/mol. The van der Waals surface area contributed by atoms with Gasteiger partial charge in [-0.1, -0.05) is 26.3 Å². The quantitative estimate of drug-likeness (QED) is 0.792. The van der Waals surface area contributed by atoms with Crippen molar-refractivity contribution in [3.8, 4) is 0 Å². The molecule has 0 spiro atoms. The van der Waals surface area contributed by atoms with E-state index in [1.54, 1.807) is 0 Å². The van der Waals surface area contributed by atoms with Crippen LogP contribution in [0.15, 0.2) is 18.3 Å². The summed E-state index contributed by atoms with van der Waals surface area (Å²) >= 11 is 0. The first-order chi connectivity index (χ1) is 8.16. The molecule has 1 fully saturated rings. The molecule has 1 atom stereocenters. The first kappa shape index (κ1) is 12.6. The number of rotatable bonds is 3. The lowest BCUT2D eigenvalue weighted by Gasteiger charge is -2.37. The van der Waals surface area contributed by atoms with Crippen molar-refractivity contribution in [1.29, 1.82) is 0 Å². The van der Waals surface area contributed by atoms with Crippen LogP contribution in [-0.2, 0) is 0 Å². The molecule has 17 heavy (non-hydrogen) atoms. The van der Waals surface area contributed by atoms with E-state index in [2.05, 4.69) is 49.0 Å². The van der Waals surface area contributed by atoms with Gasteiger partial charge in [0.15, 0.2) is 0 Å². The zero-order chi connectivity index (χ0) is 12.3. The molecule has 2 heteroatoms. The van der Waals surface area contributed by atoms with Crippen molar-refractivity contribution in [2.24, 2.45) is 5.92 Å². The van der Waals surface area contributed by atoms with Gasteiger partial charge in [0.05, 0.1) is 0 Å². The van der Waals surface area contributed by atoms with Gasteiger partial charge in [0.2, 0.25) is 0 Å². The number of aryl methyl sites for hydroxylation is 1. The third kappa shape index (κ3) is 3.29. The molecule has 0 amide bonds. The summed E-state index contributed by atoms with van der Waals surface area (Å²) < 4.78 is 0. The Hall–Kier alpha value is -0.890. The van der Waals surface area contributed by atoms with Crippen LogP contribution in [0.25, 0.3) is 0 Å². The third-order valence-corrected chi connectivity index (χ3v) is 3.53. The lowest BCUT2D eigenvalue weighted by atomic mass is 9.95. The van der Waals surface area contributed by atoms with Crippen LogP contribution in [0.4, 0.5) is 0 Å². The van der Waals surface area contributed by atoms with Gasteiger partial charge >= 0.3 is 0 Å². The van der Waals surface area contributed by atoms with E-state index in [1.165, 1.54) is 37.9 Å². The van der Waals surface area contributed by atoms with Crippen LogP contribution in [-0.4, -0.2) is 23.0 Å². The van der Waals surface area contributed by atoms with Crippen molar-refractivity contribution < 1.29 is 0 Å². The summed E-state index contributed by atoms with van der Waals surface area (Å²) in [6.45, 7) is 9.11. The molecule has 0 aromatic carbocycles. The molecule has 2 rings (SSSR count). The van der Waals surface area contributed by atoms with Gasteiger partial charge in [-0.25, -0.2) is 0 Å². The van der Waals surface area contributed by atoms with Crippen LogP contribution in [0.1, 0.15) is 50.4 Å². The van der Waals surface area contributed by atoms with Gasteiger partial charge in [-0.05, 0) is 43.9 Å². The molecule has 2 nitrogen and oxygen atoms in total. The molecule has 2 heterocycles. The summed E-state index contributed by atoms with van der Waals surface area (Å²) in [5, 5.41) is 0. The first-order valence-electron chi connectivity index (χ1n) is 6.83. The number of hydrogen-bond acceptors (Lipinski definition) is 2. The Balaban J connectivity index is 2.12. The Morgan fingerprint density at radius 2 is 2.18 bits per heavy atom. The molecule has 94 valence electrons. The van der Waals surface area contributed by atoms with E-state index in [4.69, 9.17) is 0 Å². The molecule has 1 saturated heterocycles. The Morgan fingerprint density at radius 1 is 1.35 bits per heavy atom. The van der Waals surface area contributed by atoms with E-state index in [0.29, 0.717) is 6.04 Å². The van der Waals surface area contributed by atoms with Crippen LogP contribution in [0.3, 0.4) is 0 Å². The number of aromatic nitrogens is 1. The highest BCUT2D eigenvalue weighted by molar-refractivity contribution is 5.18. The van der Waals surface area contributed by atoms with Crippen molar-refractivity contribution in [1.82, 2.24) is 9.88 Å². The minimum absolute atomic E-state index is 0.597. The van der Waals surface area contributed by atoms with Gasteiger partial charge in [0, 0.05) is 24.5 Å². The molecule has 1 aliphatic rings. The summed E-state index contributed by atoms with van der Waals surface area (Å²) in [6, 6.07) is 4.99. The largest absolute Gasteiger partial charge is 0.296 e. The highest BCUT2D eigenvalue weighted by Crippen LogP contribution is 2.30. The minimum Gasteiger partial charge on any atom is -0.296 e. The van der Waals surface area contributed by atoms with Gasteiger partial charge in [-0.15, -0.1) is 0 Å². The van der Waals surface area contributed by atoms with Gasteiger partial charge in [0.25, 0.3) is 0 Å². The second-order valence-electron chi connectivity index (χ2n) is 5.63. The summed E-state index contributed by atoms with van der Waals surface area (Å²) in [7, 11) is 0. The summed E-state index contributed by atoms with van der Waals surface area (Å²) in [6.07, 6.45) is 6.06. The van der Waals surface area contributed by atoms with Crippen molar-refractivity contribution in [2.45, 2.75) is 46.1 Å². The fraction of sp³-hybridized carbons (Fsp3) is 0.667. The van der Waals surface area contributed by atoms with E-state index >= 15 is 0 Å². The maximum Gasteiger partial charge on any atom is 0.0372 e. The van der Waals surface area contributed by atoms with Gasteiger partial charge < -0.3 is 0 Å². The number of likely N-dealkylation sites (tertiary alicyclic amines) is 1. The smallest absolute Gasteiger partial charge is 0.0372 e. The number of piperidine rings is 1. The molecular formula is C15H24N2. The topological polar surface area (TPSA) is 16.1 Å². The van der Waals surface area contributed by atoms with Crippen molar-refractivity contribution in [3.63, 3.8) is 0 Å². The van der Waals surface area contributed by atoms with Gasteiger partial charge in [-0.3, -0.25) is 9.88 Å². The molecule has 0 N–H and O–H groups in total. The SMILES string of the molecule is Cc1ccc([C@@H]2CCCCN2CC(C)C)cn1. The number of nitrogens with zero attached hydrogens (tertiary/aromatic N) is 2. The molecule has 1 aliphatic heterocycles. The fourth-order valence-corrected chi connectivity index (χ4v) is 2.73. The normalized spacial score (nSPS) is 22.0. The van der Waals surface area contributed by atoms with Crippen molar-refractivity contribution >= 4 is 0 Å². The first-order valence-corrected chi connectivity index (χ1v) is 6.83. The number of hydrogen-bond donors (Lipinski definition) is 0. The van der Waals surface area contributed by atoms with Crippen LogP contribution in [0.2, 0.25) is 0 Å². The third-order valence-electron chi connectivity index (χ3n) is 3.53.